The summed E-state index contributed by atoms with van der Waals surface area (Å²) < 4.78 is 20.2. The van der Waals surface area contributed by atoms with Crippen LogP contribution >= 0.6 is 23.4 Å². The molecule has 1 aromatic carbocycles. The predicted octanol–water partition coefficient (Wildman–Crippen LogP) is 4.39. The Morgan fingerprint density at radius 2 is 2.20 bits per heavy atom. The van der Waals surface area contributed by atoms with Crippen molar-refractivity contribution in [3.05, 3.63) is 65.3 Å². The van der Waals surface area contributed by atoms with E-state index in [0.29, 0.717) is 10.7 Å². The van der Waals surface area contributed by atoms with Crippen LogP contribution in [0, 0.1) is 5.82 Å². The molecule has 25 heavy (non-hydrogen) atoms. The molecule has 0 bridgehead atoms. The molecule has 0 atom stereocenters. The highest BCUT2D eigenvalue weighted by atomic mass is 35.5. The van der Waals surface area contributed by atoms with Gasteiger partial charge in [-0.1, -0.05) is 29.4 Å². The molecule has 0 aliphatic carbocycles. The Hall–Kier alpha value is -2.38. The van der Waals surface area contributed by atoms with Crippen LogP contribution in [0.4, 0.5) is 4.39 Å². The SMILES string of the molecule is CCOC(=O)c1cc(Sc2cccnc2)n(-c2cccc(F)c2Cl)n1. The standard InChI is InChI=1S/C17H13ClFN3O2S/c1-2-24-17(23)13-9-15(25-11-5-4-8-20-10-11)22(21-13)14-7-3-6-12(19)16(14)18/h3-10H,2H2,1H3. The molecule has 0 radical (unpaired) electrons. The van der Waals surface area contributed by atoms with Crippen molar-refractivity contribution in [2.45, 2.75) is 16.8 Å². The summed E-state index contributed by atoms with van der Waals surface area (Å²) in [4.78, 5) is 16.9. The fraction of sp³-hybridized carbons (Fsp3) is 0.118. The predicted molar refractivity (Wildman–Crippen MR) is 92.8 cm³/mol. The second-order valence-corrected chi connectivity index (χ2v) is 6.34. The number of carbonyl (C=O) groups is 1. The Kier molecular flexibility index (Phi) is 5.35. The first-order valence-electron chi connectivity index (χ1n) is 7.39. The number of halogens is 2. The molecule has 0 N–H and O–H groups in total. The molecule has 0 aliphatic rings. The zero-order valence-electron chi connectivity index (χ0n) is 13.1. The highest BCUT2D eigenvalue weighted by Gasteiger charge is 2.19. The Bertz CT molecular complexity index is 902. The molecule has 128 valence electrons. The van der Waals surface area contributed by atoms with Gasteiger partial charge in [-0.2, -0.15) is 5.10 Å². The molecule has 0 aliphatic heterocycles. The molecule has 0 fully saturated rings. The van der Waals surface area contributed by atoms with E-state index in [9.17, 15) is 9.18 Å². The van der Waals surface area contributed by atoms with E-state index in [1.807, 2.05) is 6.07 Å². The summed E-state index contributed by atoms with van der Waals surface area (Å²) in [6.07, 6.45) is 3.34. The van der Waals surface area contributed by atoms with E-state index in [0.717, 1.165) is 4.90 Å². The molecule has 2 aromatic heterocycles. The van der Waals surface area contributed by atoms with E-state index in [1.54, 1.807) is 37.5 Å². The summed E-state index contributed by atoms with van der Waals surface area (Å²) in [5, 5.41) is 4.76. The third-order valence-corrected chi connectivity index (χ3v) is 4.53. The molecule has 0 amide bonds. The highest BCUT2D eigenvalue weighted by molar-refractivity contribution is 7.99. The van der Waals surface area contributed by atoms with Crippen LogP contribution < -0.4 is 0 Å². The van der Waals surface area contributed by atoms with Crippen molar-refractivity contribution in [2.24, 2.45) is 0 Å². The van der Waals surface area contributed by atoms with Gasteiger partial charge in [-0.05, 0) is 31.2 Å². The quantitative estimate of drug-likeness (QED) is 0.617. The van der Waals surface area contributed by atoms with Crippen molar-refractivity contribution in [3.8, 4) is 5.69 Å². The number of esters is 1. The molecule has 3 rings (SSSR count). The van der Waals surface area contributed by atoms with E-state index in [-0.39, 0.29) is 17.3 Å². The van der Waals surface area contributed by atoms with Crippen molar-refractivity contribution < 1.29 is 13.9 Å². The lowest BCUT2D eigenvalue weighted by atomic mass is 10.3. The van der Waals surface area contributed by atoms with Gasteiger partial charge < -0.3 is 4.74 Å². The maximum atomic E-state index is 13.8. The van der Waals surface area contributed by atoms with Gasteiger partial charge in [0.1, 0.15) is 15.9 Å². The number of hydrogen-bond donors (Lipinski definition) is 0. The molecule has 8 heteroatoms. The van der Waals surface area contributed by atoms with E-state index < -0.39 is 11.8 Å². The number of carbonyl (C=O) groups excluding carboxylic acids is 1. The van der Waals surface area contributed by atoms with Crippen LogP contribution in [-0.2, 0) is 4.74 Å². The maximum Gasteiger partial charge on any atom is 0.358 e. The fourth-order valence-electron chi connectivity index (χ4n) is 2.10. The van der Waals surface area contributed by atoms with Crippen molar-refractivity contribution >= 4 is 29.3 Å². The number of rotatable bonds is 5. The van der Waals surface area contributed by atoms with Gasteiger partial charge in [-0.15, -0.1) is 0 Å². The second kappa shape index (κ2) is 7.67. The van der Waals surface area contributed by atoms with E-state index in [2.05, 4.69) is 10.1 Å². The Morgan fingerprint density at radius 3 is 2.92 bits per heavy atom. The molecule has 0 unspecified atom stereocenters. The van der Waals surface area contributed by atoms with Crippen molar-refractivity contribution in [2.75, 3.05) is 6.61 Å². The normalized spacial score (nSPS) is 10.7. The van der Waals surface area contributed by atoms with Gasteiger partial charge in [0.05, 0.1) is 12.3 Å². The van der Waals surface area contributed by atoms with Crippen LogP contribution in [-0.4, -0.2) is 27.3 Å². The van der Waals surface area contributed by atoms with E-state index in [1.165, 1.54) is 28.6 Å². The van der Waals surface area contributed by atoms with Crippen molar-refractivity contribution in [1.82, 2.24) is 14.8 Å². The Balaban J connectivity index is 2.08. The first-order chi connectivity index (χ1) is 12.1. The first-order valence-corrected chi connectivity index (χ1v) is 8.59. The fourth-order valence-corrected chi connectivity index (χ4v) is 3.20. The number of hydrogen-bond acceptors (Lipinski definition) is 5. The van der Waals surface area contributed by atoms with Gasteiger partial charge in [0.25, 0.3) is 0 Å². The zero-order valence-corrected chi connectivity index (χ0v) is 14.7. The van der Waals surface area contributed by atoms with Gasteiger partial charge in [0, 0.05) is 23.4 Å². The highest BCUT2D eigenvalue weighted by Crippen LogP contribution is 2.32. The minimum atomic E-state index is -0.565. The minimum Gasteiger partial charge on any atom is -0.461 e. The van der Waals surface area contributed by atoms with E-state index >= 15 is 0 Å². The smallest absolute Gasteiger partial charge is 0.358 e. The summed E-state index contributed by atoms with van der Waals surface area (Å²) in [6.45, 7) is 1.95. The minimum absolute atomic E-state index is 0.0750. The maximum absolute atomic E-state index is 13.8. The van der Waals surface area contributed by atoms with Gasteiger partial charge in [0.15, 0.2) is 5.69 Å². The van der Waals surface area contributed by atoms with Gasteiger partial charge in [-0.3, -0.25) is 4.98 Å². The number of aromatic nitrogens is 3. The lowest BCUT2D eigenvalue weighted by molar-refractivity contribution is 0.0519. The summed E-state index contributed by atoms with van der Waals surface area (Å²) in [5.41, 5.74) is 0.456. The lowest BCUT2D eigenvalue weighted by Gasteiger charge is -2.09. The number of benzene rings is 1. The van der Waals surface area contributed by atoms with Gasteiger partial charge in [-0.25, -0.2) is 13.9 Å². The largest absolute Gasteiger partial charge is 0.461 e. The summed E-state index contributed by atoms with van der Waals surface area (Å²) in [7, 11) is 0. The zero-order chi connectivity index (χ0) is 17.8. The van der Waals surface area contributed by atoms with E-state index in [4.69, 9.17) is 16.3 Å². The average Bonchev–Trinajstić information content (AvgIpc) is 3.02. The van der Waals surface area contributed by atoms with Gasteiger partial charge in [0.2, 0.25) is 0 Å². The van der Waals surface area contributed by atoms with Gasteiger partial charge >= 0.3 is 5.97 Å². The van der Waals surface area contributed by atoms with Crippen LogP contribution in [0.3, 0.4) is 0 Å². The van der Waals surface area contributed by atoms with Crippen molar-refractivity contribution in [3.63, 3.8) is 0 Å². The monoisotopic (exact) mass is 377 g/mol. The molecule has 0 saturated carbocycles. The molecular formula is C17H13ClFN3O2S. The third-order valence-electron chi connectivity index (χ3n) is 3.18. The Morgan fingerprint density at radius 1 is 1.36 bits per heavy atom. The molecule has 0 spiro atoms. The van der Waals surface area contributed by atoms with Crippen LogP contribution in [0.5, 0.6) is 0 Å². The number of ether oxygens (including phenoxy) is 1. The van der Waals surface area contributed by atoms with Crippen molar-refractivity contribution in [1.29, 1.82) is 0 Å². The Labute approximate surface area is 152 Å². The molecule has 0 saturated heterocycles. The molecule has 5 nitrogen and oxygen atoms in total. The summed E-state index contributed by atoms with van der Waals surface area (Å²) in [5.74, 6) is -1.12. The number of pyridine rings is 1. The average molecular weight is 378 g/mol. The topological polar surface area (TPSA) is 57.0 Å². The number of nitrogens with zero attached hydrogens (tertiary/aromatic N) is 3. The second-order valence-electron chi connectivity index (χ2n) is 4.86. The summed E-state index contributed by atoms with van der Waals surface area (Å²) >= 11 is 7.41. The van der Waals surface area contributed by atoms with Crippen LogP contribution in [0.2, 0.25) is 5.02 Å². The van der Waals surface area contributed by atoms with Crippen LogP contribution in [0.15, 0.2) is 58.7 Å². The van der Waals surface area contributed by atoms with Crippen LogP contribution in [0.25, 0.3) is 5.69 Å². The molecule has 2 heterocycles. The summed E-state index contributed by atoms with van der Waals surface area (Å²) in [6, 6.07) is 9.66. The lowest BCUT2D eigenvalue weighted by Crippen LogP contribution is -2.07. The molecule has 3 aromatic rings. The first kappa shape index (κ1) is 17.4. The van der Waals surface area contributed by atoms with Crippen LogP contribution in [0.1, 0.15) is 17.4 Å². The molecular weight excluding hydrogens is 365 g/mol. The third kappa shape index (κ3) is 3.83.